The molecule has 0 saturated heterocycles. The summed E-state index contributed by atoms with van der Waals surface area (Å²) in [6.07, 6.45) is 2.75. The van der Waals surface area contributed by atoms with Crippen molar-refractivity contribution in [2.45, 2.75) is 38.1 Å². The fourth-order valence-corrected chi connectivity index (χ4v) is 2.33. The van der Waals surface area contributed by atoms with E-state index in [4.69, 9.17) is 10.8 Å². The van der Waals surface area contributed by atoms with E-state index in [1.165, 1.54) is 17.5 Å². The van der Waals surface area contributed by atoms with E-state index in [1.807, 2.05) is 6.07 Å². The average Bonchev–Trinajstić information content (AvgIpc) is 2.60. The van der Waals surface area contributed by atoms with Crippen LogP contribution in [0.15, 0.2) is 18.2 Å². The largest absolute Gasteiger partial charge is 0.480 e. The zero-order valence-electron chi connectivity index (χ0n) is 9.44. The van der Waals surface area contributed by atoms with Crippen LogP contribution in [0.3, 0.4) is 0 Å². The highest BCUT2D eigenvalue weighted by Gasteiger charge is 2.19. The van der Waals surface area contributed by atoms with Gasteiger partial charge >= 0.3 is 5.97 Å². The molecule has 2 rings (SSSR count). The minimum Gasteiger partial charge on any atom is -0.480 e. The number of rotatable bonds is 3. The van der Waals surface area contributed by atoms with E-state index in [9.17, 15) is 4.79 Å². The summed E-state index contributed by atoms with van der Waals surface area (Å²) in [7, 11) is 0. The highest BCUT2D eigenvalue weighted by Crippen LogP contribution is 2.33. The Morgan fingerprint density at radius 2 is 2.38 bits per heavy atom. The van der Waals surface area contributed by atoms with Crippen molar-refractivity contribution in [1.82, 2.24) is 0 Å². The summed E-state index contributed by atoms with van der Waals surface area (Å²) in [5, 5.41) is 8.76. The van der Waals surface area contributed by atoms with Gasteiger partial charge in [-0.05, 0) is 41.9 Å². The Kier molecular flexibility index (Phi) is 2.97. The molecule has 0 spiro atoms. The van der Waals surface area contributed by atoms with E-state index in [0.29, 0.717) is 12.3 Å². The first-order valence-electron chi connectivity index (χ1n) is 5.68. The van der Waals surface area contributed by atoms with Crippen LogP contribution >= 0.6 is 0 Å². The standard InChI is InChI=1S/C13H17NO2/c1-8-2-4-10-5-3-9(6-11(8)10)7-12(14)13(15)16/h3,5-6,8,12H,2,4,7,14H2,1H3,(H,15,16). The van der Waals surface area contributed by atoms with Crippen LogP contribution in [-0.4, -0.2) is 17.1 Å². The third kappa shape index (κ3) is 2.09. The van der Waals surface area contributed by atoms with E-state index in [-0.39, 0.29) is 0 Å². The van der Waals surface area contributed by atoms with Gasteiger partial charge in [-0.2, -0.15) is 0 Å². The molecule has 2 unspecified atom stereocenters. The second-order valence-electron chi connectivity index (χ2n) is 4.62. The molecule has 0 heterocycles. The van der Waals surface area contributed by atoms with Gasteiger partial charge in [-0.3, -0.25) is 4.79 Å². The molecular weight excluding hydrogens is 202 g/mol. The first kappa shape index (κ1) is 11.1. The molecule has 0 amide bonds. The lowest BCUT2D eigenvalue weighted by atomic mass is 9.98. The second-order valence-corrected chi connectivity index (χ2v) is 4.62. The third-order valence-corrected chi connectivity index (χ3v) is 3.36. The molecule has 0 aliphatic heterocycles. The number of hydrogen-bond donors (Lipinski definition) is 2. The lowest BCUT2D eigenvalue weighted by Gasteiger charge is -2.10. The maximum Gasteiger partial charge on any atom is 0.320 e. The third-order valence-electron chi connectivity index (χ3n) is 3.36. The molecule has 3 nitrogen and oxygen atoms in total. The Morgan fingerprint density at radius 3 is 3.06 bits per heavy atom. The first-order valence-corrected chi connectivity index (χ1v) is 5.68. The minimum atomic E-state index is -0.937. The molecule has 0 saturated carbocycles. The number of aryl methyl sites for hydroxylation is 1. The molecule has 1 aromatic carbocycles. The summed E-state index contributed by atoms with van der Waals surface area (Å²) in [6.45, 7) is 2.22. The maximum atomic E-state index is 10.7. The van der Waals surface area contributed by atoms with Gasteiger partial charge in [0.2, 0.25) is 0 Å². The van der Waals surface area contributed by atoms with Gasteiger partial charge in [-0.25, -0.2) is 0 Å². The summed E-state index contributed by atoms with van der Waals surface area (Å²) in [5.74, 6) is -0.343. The SMILES string of the molecule is CC1CCc2ccc(CC(N)C(=O)O)cc21. The molecule has 0 fully saturated rings. The second kappa shape index (κ2) is 4.26. The summed E-state index contributed by atoms with van der Waals surface area (Å²) in [4.78, 5) is 10.7. The van der Waals surface area contributed by atoms with Crippen molar-refractivity contribution in [3.63, 3.8) is 0 Å². The lowest BCUT2D eigenvalue weighted by molar-refractivity contribution is -0.138. The quantitative estimate of drug-likeness (QED) is 0.813. The minimum absolute atomic E-state index is 0.412. The van der Waals surface area contributed by atoms with Gasteiger partial charge < -0.3 is 10.8 Å². The zero-order valence-corrected chi connectivity index (χ0v) is 9.44. The monoisotopic (exact) mass is 219 g/mol. The molecule has 16 heavy (non-hydrogen) atoms. The van der Waals surface area contributed by atoms with E-state index in [2.05, 4.69) is 19.1 Å². The van der Waals surface area contributed by atoms with Crippen molar-refractivity contribution in [1.29, 1.82) is 0 Å². The number of carboxylic acids is 1. The number of fused-ring (bicyclic) bond motifs is 1. The molecule has 1 aliphatic carbocycles. The number of benzene rings is 1. The summed E-state index contributed by atoms with van der Waals surface area (Å²) < 4.78 is 0. The molecule has 86 valence electrons. The number of aliphatic carboxylic acids is 1. The molecule has 0 bridgehead atoms. The molecule has 3 N–H and O–H groups in total. The number of nitrogens with two attached hydrogens (primary N) is 1. The normalized spacial score (nSPS) is 20.5. The van der Waals surface area contributed by atoms with E-state index >= 15 is 0 Å². The van der Waals surface area contributed by atoms with E-state index in [0.717, 1.165) is 12.0 Å². The van der Waals surface area contributed by atoms with Gasteiger partial charge in [-0.15, -0.1) is 0 Å². The number of hydrogen-bond acceptors (Lipinski definition) is 2. The Morgan fingerprint density at radius 1 is 1.62 bits per heavy atom. The van der Waals surface area contributed by atoms with Crippen LogP contribution in [-0.2, 0) is 17.6 Å². The van der Waals surface area contributed by atoms with Gasteiger partial charge in [0.15, 0.2) is 0 Å². The van der Waals surface area contributed by atoms with Crippen molar-refractivity contribution in [3.05, 3.63) is 34.9 Å². The molecule has 0 radical (unpaired) electrons. The average molecular weight is 219 g/mol. The molecule has 0 aromatic heterocycles. The topological polar surface area (TPSA) is 63.3 Å². The lowest BCUT2D eigenvalue weighted by Crippen LogP contribution is -2.32. The van der Waals surface area contributed by atoms with Crippen molar-refractivity contribution in [3.8, 4) is 0 Å². The van der Waals surface area contributed by atoms with Crippen LogP contribution in [0, 0.1) is 0 Å². The van der Waals surface area contributed by atoms with Gasteiger partial charge in [0.05, 0.1) is 0 Å². The fraction of sp³-hybridized carbons (Fsp3) is 0.462. The van der Waals surface area contributed by atoms with Gasteiger partial charge in [-0.1, -0.05) is 25.1 Å². The van der Waals surface area contributed by atoms with Crippen LogP contribution < -0.4 is 5.73 Å². The van der Waals surface area contributed by atoms with Crippen LogP contribution in [0.5, 0.6) is 0 Å². The zero-order chi connectivity index (χ0) is 11.7. The summed E-state index contributed by atoms with van der Waals surface area (Å²) in [6, 6.07) is 5.44. The Bertz CT molecular complexity index is 414. The Hall–Kier alpha value is -1.35. The van der Waals surface area contributed by atoms with Crippen LogP contribution in [0.25, 0.3) is 0 Å². The number of carboxylic acid groups (broad SMARTS) is 1. The highest BCUT2D eigenvalue weighted by molar-refractivity contribution is 5.73. The molecule has 2 atom stereocenters. The van der Waals surface area contributed by atoms with Gasteiger partial charge in [0.25, 0.3) is 0 Å². The molecule has 1 aromatic rings. The van der Waals surface area contributed by atoms with Crippen LogP contribution in [0.2, 0.25) is 0 Å². The van der Waals surface area contributed by atoms with Crippen molar-refractivity contribution < 1.29 is 9.90 Å². The van der Waals surface area contributed by atoms with Crippen LogP contribution in [0.1, 0.15) is 36.0 Å². The van der Waals surface area contributed by atoms with E-state index < -0.39 is 12.0 Å². The number of carbonyl (C=O) groups is 1. The summed E-state index contributed by atoms with van der Waals surface area (Å²) in [5.41, 5.74) is 9.33. The van der Waals surface area contributed by atoms with Crippen LogP contribution in [0.4, 0.5) is 0 Å². The maximum absolute atomic E-state index is 10.7. The highest BCUT2D eigenvalue weighted by atomic mass is 16.4. The predicted octanol–water partition coefficient (Wildman–Crippen LogP) is 1.69. The first-order chi connectivity index (χ1) is 7.58. The van der Waals surface area contributed by atoms with Gasteiger partial charge in [0.1, 0.15) is 6.04 Å². The van der Waals surface area contributed by atoms with Crippen molar-refractivity contribution >= 4 is 5.97 Å². The smallest absolute Gasteiger partial charge is 0.320 e. The summed E-state index contributed by atoms with van der Waals surface area (Å²) >= 11 is 0. The predicted molar refractivity (Wildman–Crippen MR) is 62.5 cm³/mol. The van der Waals surface area contributed by atoms with E-state index in [1.54, 1.807) is 0 Å². The molecule has 1 aliphatic rings. The fourth-order valence-electron chi connectivity index (χ4n) is 2.33. The molecular formula is C13H17NO2. The van der Waals surface area contributed by atoms with Crippen molar-refractivity contribution in [2.75, 3.05) is 0 Å². The molecule has 3 heteroatoms. The van der Waals surface area contributed by atoms with Crippen molar-refractivity contribution in [2.24, 2.45) is 5.73 Å². The Balaban J connectivity index is 2.18. The van der Waals surface area contributed by atoms with Gasteiger partial charge in [0, 0.05) is 0 Å². The Labute approximate surface area is 95.3 Å².